The molecule has 0 spiro atoms. The van der Waals surface area contributed by atoms with Crippen LogP contribution in [0.3, 0.4) is 0 Å². The SMILES string of the molecule is Cc1cn(CCF)nc1NCc1cnn(C2CCCC2)c1. The molecule has 2 aromatic rings. The van der Waals surface area contributed by atoms with Gasteiger partial charge in [-0.3, -0.25) is 9.36 Å². The van der Waals surface area contributed by atoms with Crippen molar-refractivity contribution in [2.75, 3.05) is 12.0 Å². The second-order valence-electron chi connectivity index (χ2n) is 5.73. The molecule has 1 aliphatic rings. The molecular formula is C15H22FN5. The minimum atomic E-state index is -0.394. The molecule has 114 valence electrons. The fourth-order valence-corrected chi connectivity index (χ4v) is 2.92. The third-order valence-corrected chi connectivity index (χ3v) is 4.07. The van der Waals surface area contributed by atoms with Gasteiger partial charge >= 0.3 is 0 Å². The van der Waals surface area contributed by atoms with Crippen molar-refractivity contribution in [3.63, 3.8) is 0 Å². The van der Waals surface area contributed by atoms with E-state index in [1.807, 2.05) is 19.3 Å². The summed E-state index contributed by atoms with van der Waals surface area (Å²) < 4.78 is 16.1. The predicted molar refractivity (Wildman–Crippen MR) is 80.0 cm³/mol. The zero-order valence-corrected chi connectivity index (χ0v) is 12.4. The van der Waals surface area contributed by atoms with Gasteiger partial charge in [0, 0.05) is 30.1 Å². The largest absolute Gasteiger partial charge is 0.364 e. The molecule has 1 N–H and O–H groups in total. The zero-order chi connectivity index (χ0) is 14.7. The number of rotatable bonds is 6. The fourth-order valence-electron chi connectivity index (χ4n) is 2.92. The van der Waals surface area contributed by atoms with E-state index < -0.39 is 6.67 Å². The van der Waals surface area contributed by atoms with Gasteiger partial charge in [0.25, 0.3) is 0 Å². The highest BCUT2D eigenvalue weighted by atomic mass is 19.1. The first-order valence-corrected chi connectivity index (χ1v) is 7.63. The summed E-state index contributed by atoms with van der Waals surface area (Å²) in [5.74, 6) is 0.817. The number of hydrogen-bond acceptors (Lipinski definition) is 3. The molecule has 6 heteroatoms. The van der Waals surface area contributed by atoms with Gasteiger partial charge in [-0.15, -0.1) is 0 Å². The zero-order valence-electron chi connectivity index (χ0n) is 12.4. The molecule has 0 amide bonds. The van der Waals surface area contributed by atoms with Crippen molar-refractivity contribution in [2.45, 2.75) is 51.7 Å². The van der Waals surface area contributed by atoms with Crippen molar-refractivity contribution in [2.24, 2.45) is 0 Å². The molecule has 0 aromatic carbocycles. The molecule has 1 saturated carbocycles. The van der Waals surface area contributed by atoms with Crippen LogP contribution in [-0.4, -0.2) is 26.2 Å². The Labute approximate surface area is 124 Å². The lowest BCUT2D eigenvalue weighted by Gasteiger charge is -2.08. The third kappa shape index (κ3) is 3.25. The average molecular weight is 291 g/mol. The molecule has 3 rings (SSSR count). The number of nitrogens with zero attached hydrogens (tertiary/aromatic N) is 4. The number of halogens is 1. The first-order chi connectivity index (χ1) is 10.3. The van der Waals surface area contributed by atoms with E-state index in [1.165, 1.54) is 25.7 Å². The van der Waals surface area contributed by atoms with Gasteiger partial charge in [-0.05, 0) is 19.8 Å². The van der Waals surface area contributed by atoms with Gasteiger partial charge in [0.1, 0.15) is 6.67 Å². The monoisotopic (exact) mass is 291 g/mol. The Bertz CT molecular complexity index is 583. The summed E-state index contributed by atoms with van der Waals surface area (Å²) in [4.78, 5) is 0. The van der Waals surface area contributed by atoms with Crippen LogP contribution in [0.1, 0.15) is 42.9 Å². The van der Waals surface area contributed by atoms with Crippen molar-refractivity contribution in [3.8, 4) is 0 Å². The Morgan fingerprint density at radius 3 is 2.90 bits per heavy atom. The lowest BCUT2D eigenvalue weighted by atomic mass is 10.2. The molecule has 2 heterocycles. The van der Waals surface area contributed by atoms with E-state index >= 15 is 0 Å². The van der Waals surface area contributed by atoms with Crippen molar-refractivity contribution >= 4 is 5.82 Å². The fraction of sp³-hybridized carbons (Fsp3) is 0.600. The van der Waals surface area contributed by atoms with E-state index in [0.29, 0.717) is 19.1 Å². The summed E-state index contributed by atoms with van der Waals surface area (Å²) in [6, 6.07) is 0.573. The summed E-state index contributed by atoms with van der Waals surface area (Å²) >= 11 is 0. The van der Waals surface area contributed by atoms with Crippen molar-refractivity contribution in [1.82, 2.24) is 19.6 Å². The highest BCUT2D eigenvalue weighted by Crippen LogP contribution is 2.28. The first-order valence-electron chi connectivity index (χ1n) is 7.63. The molecular weight excluding hydrogens is 269 g/mol. The van der Waals surface area contributed by atoms with Crippen LogP contribution in [0.25, 0.3) is 0 Å². The normalized spacial score (nSPS) is 15.7. The topological polar surface area (TPSA) is 47.7 Å². The van der Waals surface area contributed by atoms with E-state index in [4.69, 9.17) is 0 Å². The second-order valence-corrected chi connectivity index (χ2v) is 5.73. The highest BCUT2D eigenvalue weighted by Gasteiger charge is 2.17. The molecule has 0 bridgehead atoms. The van der Waals surface area contributed by atoms with Crippen molar-refractivity contribution in [1.29, 1.82) is 0 Å². The highest BCUT2D eigenvalue weighted by molar-refractivity contribution is 5.42. The van der Waals surface area contributed by atoms with Crippen LogP contribution in [0.4, 0.5) is 10.2 Å². The Kier molecular flexibility index (Phi) is 4.22. The van der Waals surface area contributed by atoms with E-state index in [0.717, 1.165) is 16.9 Å². The third-order valence-electron chi connectivity index (χ3n) is 4.07. The lowest BCUT2D eigenvalue weighted by molar-refractivity contribution is 0.427. The lowest BCUT2D eigenvalue weighted by Crippen LogP contribution is -2.05. The van der Waals surface area contributed by atoms with Crippen LogP contribution in [0, 0.1) is 6.92 Å². The van der Waals surface area contributed by atoms with E-state index in [-0.39, 0.29) is 0 Å². The molecule has 5 nitrogen and oxygen atoms in total. The van der Waals surface area contributed by atoms with Gasteiger partial charge in [0.15, 0.2) is 5.82 Å². The average Bonchev–Trinajstić information content (AvgIpc) is 3.17. The van der Waals surface area contributed by atoms with Crippen LogP contribution >= 0.6 is 0 Å². The molecule has 2 aromatic heterocycles. The van der Waals surface area contributed by atoms with Crippen LogP contribution in [0.2, 0.25) is 0 Å². The molecule has 1 fully saturated rings. The summed E-state index contributed by atoms with van der Waals surface area (Å²) in [6.07, 6.45) is 11.0. The second kappa shape index (κ2) is 6.28. The number of aryl methyl sites for hydroxylation is 2. The van der Waals surface area contributed by atoms with Crippen LogP contribution < -0.4 is 5.32 Å². The quantitative estimate of drug-likeness (QED) is 0.889. The van der Waals surface area contributed by atoms with Gasteiger partial charge in [0.05, 0.1) is 18.8 Å². The van der Waals surface area contributed by atoms with Crippen LogP contribution in [0.5, 0.6) is 0 Å². The number of hydrogen-bond donors (Lipinski definition) is 1. The van der Waals surface area contributed by atoms with Gasteiger partial charge < -0.3 is 5.32 Å². The van der Waals surface area contributed by atoms with Crippen molar-refractivity contribution in [3.05, 3.63) is 29.7 Å². The molecule has 0 radical (unpaired) electrons. The summed E-state index contributed by atoms with van der Waals surface area (Å²) in [5, 5.41) is 12.1. The van der Waals surface area contributed by atoms with Gasteiger partial charge in [0.2, 0.25) is 0 Å². The number of nitrogens with one attached hydrogen (secondary N) is 1. The molecule has 0 aliphatic heterocycles. The van der Waals surface area contributed by atoms with Crippen LogP contribution in [0.15, 0.2) is 18.6 Å². The molecule has 1 aliphatic carbocycles. The van der Waals surface area contributed by atoms with Gasteiger partial charge in [-0.25, -0.2) is 4.39 Å². The standard InChI is InChI=1S/C15H22FN5/c1-12-10-20(7-6-16)19-15(12)17-8-13-9-18-21(11-13)14-4-2-3-5-14/h9-11,14H,2-8H2,1H3,(H,17,19). The Morgan fingerprint density at radius 2 is 2.14 bits per heavy atom. The number of aromatic nitrogens is 4. The Balaban J connectivity index is 1.59. The maximum Gasteiger partial charge on any atom is 0.151 e. The van der Waals surface area contributed by atoms with E-state index in [1.54, 1.807) is 4.68 Å². The Morgan fingerprint density at radius 1 is 1.33 bits per heavy atom. The molecule has 21 heavy (non-hydrogen) atoms. The smallest absolute Gasteiger partial charge is 0.151 e. The minimum Gasteiger partial charge on any atom is -0.364 e. The number of alkyl halides is 1. The number of anilines is 1. The first kappa shape index (κ1) is 14.1. The maximum absolute atomic E-state index is 12.3. The summed E-state index contributed by atoms with van der Waals surface area (Å²) in [7, 11) is 0. The summed E-state index contributed by atoms with van der Waals surface area (Å²) in [6.45, 7) is 2.59. The molecule has 0 unspecified atom stereocenters. The Hall–Kier alpha value is -1.85. The van der Waals surface area contributed by atoms with Gasteiger partial charge in [-0.1, -0.05) is 12.8 Å². The maximum atomic E-state index is 12.3. The minimum absolute atomic E-state index is 0.308. The summed E-state index contributed by atoms with van der Waals surface area (Å²) in [5.41, 5.74) is 2.19. The van der Waals surface area contributed by atoms with Crippen molar-refractivity contribution < 1.29 is 4.39 Å². The van der Waals surface area contributed by atoms with Gasteiger partial charge in [-0.2, -0.15) is 10.2 Å². The predicted octanol–water partition coefficient (Wildman–Crippen LogP) is 3.08. The van der Waals surface area contributed by atoms with E-state index in [9.17, 15) is 4.39 Å². The van der Waals surface area contributed by atoms with Crippen LogP contribution in [-0.2, 0) is 13.1 Å². The van der Waals surface area contributed by atoms with E-state index in [2.05, 4.69) is 26.4 Å². The molecule has 0 saturated heterocycles. The molecule has 0 atom stereocenters.